The molecular formula is C22H25N3O2S. The zero-order valence-corrected chi connectivity index (χ0v) is 17.9. The molecule has 0 aliphatic rings. The molecule has 0 saturated carbocycles. The van der Waals surface area contributed by atoms with Gasteiger partial charge in [-0.1, -0.05) is 30.0 Å². The Morgan fingerprint density at radius 3 is 2.46 bits per heavy atom. The molecule has 6 heteroatoms. The van der Waals surface area contributed by atoms with Gasteiger partial charge in [-0.3, -0.25) is 4.79 Å². The SMILES string of the molecule is COc1ccccc1-c1nnc(SC(C)C(=O)c2cc(C)c(C)cc2C)n1C. The first-order valence-corrected chi connectivity index (χ1v) is 10.0. The van der Waals surface area contributed by atoms with Gasteiger partial charge in [0.15, 0.2) is 16.8 Å². The predicted octanol–water partition coefficient (Wildman–Crippen LogP) is 4.78. The summed E-state index contributed by atoms with van der Waals surface area (Å²) in [5.41, 5.74) is 4.98. The van der Waals surface area contributed by atoms with Crippen LogP contribution < -0.4 is 4.74 Å². The maximum atomic E-state index is 13.0. The van der Waals surface area contributed by atoms with Gasteiger partial charge in [-0.25, -0.2) is 0 Å². The van der Waals surface area contributed by atoms with E-state index in [1.807, 2.05) is 62.7 Å². The Balaban J connectivity index is 1.86. The highest BCUT2D eigenvalue weighted by Crippen LogP contribution is 2.32. The normalized spacial score (nSPS) is 12.1. The van der Waals surface area contributed by atoms with Crippen molar-refractivity contribution in [1.29, 1.82) is 0 Å². The first kappa shape index (κ1) is 20.1. The first-order chi connectivity index (χ1) is 13.3. The van der Waals surface area contributed by atoms with Crippen LogP contribution in [0.15, 0.2) is 41.6 Å². The Kier molecular flexibility index (Phi) is 5.89. The molecular weight excluding hydrogens is 370 g/mol. The molecule has 0 spiro atoms. The van der Waals surface area contributed by atoms with E-state index in [0.717, 1.165) is 28.0 Å². The molecule has 0 fully saturated rings. The average Bonchev–Trinajstić information content (AvgIpc) is 3.04. The van der Waals surface area contributed by atoms with E-state index in [2.05, 4.69) is 23.2 Å². The molecule has 0 aliphatic carbocycles. The van der Waals surface area contributed by atoms with Gasteiger partial charge >= 0.3 is 0 Å². The highest BCUT2D eigenvalue weighted by molar-refractivity contribution is 8.00. The van der Waals surface area contributed by atoms with Crippen LogP contribution in [0.25, 0.3) is 11.4 Å². The second-order valence-electron chi connectivity index (χ2n) is 6.94. The summed E-state index contributed by atoms with van der Waals surface area (Å²) >= 11 is 1.42. The second kappa shape index (κ2) is 8.19. The van der Waals surface area contributed by atoms with E-state index < -0.39 is 0 Å². The van der Waals surface area contributed by atoms with Crippen LogP contribution in [0.5, 0.6) is 5.75 Å². The molecule has 0 bridgehead atoms. The number of nitrogens with zero attached hydrogens (tertiary/aromatic N) is 3. The fourth-order valence-corrected chi connectivity index (χ4v) is 4.02. The van der Waals surface area contributed by atoms with E-state index in [9.17, 15) is 4.79 Å². The summed E-state index contributed by atoms with van der Waals surface area (Å²) in [6.45, 7) is 8.00. The van der Waals surface area contributed by atoms with Crippen LogP contribution in [0.2, 0.25) is 0 Å². The van der Waals surface area contributed by atoms with Gasteiger partial charge in [-0.05, 0) is 62.6 Å². The highest BCUT2D eigenvalue weighted by Gasteiger charge is 2.23. The number of thioether (sulfide) groups is 1. The fourth-order valence-electron chi connectivity index (χ4n) is 3.14. The van der Waals surface area contributed by atoms with Crippen molar-refractivity contribution in [1.82, 2.24) is 14.8 Å². The number of carbonyl (C=O) groups excluding carboxylic acids is 1. The first-order valence-electron chi connectivity index (χ1n) is 9.15. The number of ketones is 1. The van der Waals surface area contributed by atoms with Gasteiger partial charge in [0.1, 0.15) is 5.75 Å². The molecule has 0 aliphatic heterocycles. The molecule has 3 aromatic rings. The third-order valence-electron chi connectivity index (χ3n) is 4.94. The molecule has 5 nitrogen and oxygen atoms in total. The van der Waals surface area contributed by atoms with E-state index in [1.165, 1.54) is 17.3 Å². The lowest BCUT2D eigenvalue weighted by molar-refractivity contribution is 0.0993. The molecule has 1 atom stereocenters. The molecule has 146 valence electrons. The van der Waals surface area contributed by atoms with Gasteiger partial charge in [0.2, 0.25) is 0 Å². The summed E-state index contributed by atoms with van der Waals surface area (Å²) < 4.78 is 7.34. The van der Waals surface area contributed by atoms with Crippen molar-refractivity contribution in [3.8, 4) is 17.1 Å². The number of hydrogen-bond acceptors (Lipinski definition) is 5. The maximum absolute atomic E-state index is 13.0. The summed E-state index contributed by atoms with van der Waals surface area (Å²) in [5, 5.41) is 9.06. The minimum absolute atomic E-state index is 0.104. The Morgan fingerprint density at radius 1 is 1.07 bits per heavy atom. The third-order valence-corrected chi connectivity index (χ3v) is 6.07. The molecule has 0 radical (unpaired) electrons. The lowest BCUT2D eigenvalue weighted by atomic mass is 9.97. The number of benzene rings is 2. The monoisotopic (exact) mass is 395 g/mol. The second-order valence-corrected chi connectivity index (χ2v) is 8.25. The van der Waals surface area contributed by atoms with Crippen LogP contribution in [0.4, 0.5) is 0 Å². The van der Waals surface area contributed by atoms with Crippen LogP contribution in [0.1, 0.15) is 34.0 Å². The summed E-state index contributed by atoms with van der Waals surface area (Å²) in [7, 11) is 3.54. The topological polar surface area (TPSA) is 57.0 Å². The molecule has 3 rings (SSSR count). The minimum atomic E-state index is -0.269. The number of Topliss-reactive ketones (excluding diaryl/α,β-unsaturated/α-hetero) is 1. The summed E-state index contributed by atoms with van der Waals surface area (Å²) in [6.07, 6.45) is 0. The number of ether oxygens (including phenoxy) is 1. The lowest BCUT2D eigenvalue weighted by Crippen LogP contribution is -2.16. The highest BCUT2D eigenvalue weighted by atomic mass is 32.2. The molecule has 28 heavy (non-hydrogen) atoms. The van der Waals surface area contributed by atoms with Crippen molar-refractivity contribution in [3.63, 3.8) is 0 Å². The van der Waals surface area contributed by atoms with Crippen molar-refractivity contribution in [2.24, 2.45) is 7.05 Å². The van der Waals surface area contributed by atoms with E-state index >= 15 is 0 Å². The molecule has 0 amide bonds. The molecule has 2 aromatic carbocycles. The molecule has 0 N–H and O–H groups in total. The van der Waals surface area contributed by atoms with Crippen LogP contribution in [-0.4, -0.2) is 32.9 Å². The zero-order valence-electron chi connectivity index (χ0n) is 17.1. The Bertz CT molecular complexity index is 1030. The molecule has 1 heterocycles. The van der Waals surface area contributed by atoms with Crippen molar-refractivity contribution >= 4 is 17.5 Å². The number of rotatable bonds is 6. The Hall–Kier alpha value is -2.60. The number of carbonyl (C=O) groups is 1. The van der Waals surface area contributed by atoms with Crippen LogP contribution in [0, 0.1) is 20.8 Å². The number of aromatic nitrogens is 3. The van der Waals surface area contributed by atoms with Gasteiger partial charge in [-0.15, -0.1) is 10.2 Å². The van der Waals surface area contributed by atoms with Crippen molar-refractivity contribution < 1.29 is 9.53 Å². The Labute approximate surface area is 170 Å². The summed E-state index contributed by atoms with van der Waals surface area (Å²) in [6, 6.07) is 11.8. The zero-order chi connectivity index (χ0) is 20.4. The lowest BCUT2D eigenvalue weighted by Gasteiger charge is -2.14. The summed E-state index contributed by atoms with van der Waals surface area (Å²) in [5.74, 6) is 1.55. The van der Waals surface area contributed by atoms with E-state index in [-0.39, 0.29) is 11.0 Å². The number of para-hydroxylation sites is 1. The number of hydrogen-bond donors (Lipinski definition) is 0. The van der Waals surface area contributed by atoms with Crippen molar-refractivity contribution in [2.75, 3.05) is 7.11 Å². The quantitative estimate of drug-likeness (QED) is 0.444. The van der Waals surface area contributed by atoms with E-state index in [0.29, 0.717) is 11.0 Å². The Morgan fingerprint density at radius 2 is 1.75 bits per heavy atom. The van der Waals surface area contributed by atoms with Crippen LogP contribution in [-0.2, 0) is 7.05 Å². The van der Waals surface area contributed by atoms with Gasteiger partial charge in [-0.2, -0.15) is 0 Å². The van der Waals surface area contributed by atoms with Crippen molar-refractivity contribution in [3.05, 3.63) is 58.7 Å². The minimum Gasteiger partial charge on any atom is -0.496 e. The number of aryl methyl sites for hydroxylation is 3. The van der Waals surface area contributed by atoms with Gasteiger partial charge in [0.05, 0.1) is 17.9 Å². The van der Waals surface area contributed by atoms with E-state index in [4.69, 9.17) is 4.74 Å². The van der Waals surface area contributed by atoms with Crippen LogP contribution >= 0.6 is 11.8 Å². The van der Waals surface area contributed by atoms with Crippen molar-refractivity contribution in [2.45, 2.75) is 38.1 Å². The standard InChI is InChI=1S/C22H25N3O2S/c1-13-11-15(3)18(12-14(13)2)20(26)16(4)28-22-24-23-21(25(22)5)17-9-7-8-10-19(17)27-6/h7-12,16H,1-6H3. The van der Waals surface area contributed by atoms with Gasteiger partial charge in [0, 0.05) is 12.6 Å². The van der Waals surface area contributed by atoms with Crippen LogP contribution in [0.3, 0.4) is 0 Å². The maximum Gasteiger partial charge on any atom is 0.191 e. The molecule has 1 unspecified atom stereocenters. The summed E-state index contributed by atoms with van der Waals surface area (Å²) in [4.78, 5) is 13.0. The largest absolute Gasteiger partial charge is 0.496 e. The average molecular weight is 396 g/mol. The number of methoxy groups -OCH3 is 1. The molecule has 1 aromatic heterocycles. The van der Waals surface area contributed by atoms with E-state index in [1.54, 1.807) is 7.11 Å². The third kappa shape index (κ3) is 3.83. The predicted molar refractivity (Wildman–Crippen MR) is 113 cm³/mol. The van der Waals surface area contributed by atoms with Gasteiger partial charge in [0.25, 0.3) is 0 Å². The van der Waals surface area contributed by atoms with Gasteiger partial charge < -0.3 is 9.30 Å². The fraction of sp³-hybridized carbons (Fsp3) is 0.318. The molecule has 0 saturated heterocycles. The smallest absolute Gasteiger partial charge is 0.191 e.